The smallest absolute Gasteiger partial charge is 0.133 e. The number of hydrogen-bond donors (Lipinski definition) is 0. The van der Waals surface area contributed by atoms with Crippen molar-refractivity contribution in [2.75, 3.05) is 0 Å². The van der Waals surface area contributed by atoms with Gasteiger partial charge >= 0.3 is 0 Å². The van der Waals surface area contributed by atoms with Crippen LogP contribution in [0.3, 0.4) is 0 Å². The molecule has 2 aromatic carbocycles. The first-order chi connectivity index (χ1) is 14.7. The number of para-hydroxylation sites is 4. The molecule has 0 aliphatic carbocycles. The molecule has 5 nitrogen and oxygen atoms in total. The van der Waals surface area contributed by atoms with Crippen LogP contribution in [0.2, 0.25) is 0 Å². The van der Waals surface area contributed by atoms with Crippen LogP contribution in [0, 0.1) is 0 Å². The lowest BCUT2D eigenvalue weighted by molar-refractivity contribution is -0.119. The summed E-state index contributed by atoms with van der Waals surface area (Å²) in [4.78, 5) is 21.9. The first kappa shape index (κ1) is 20.3. The van der Waals surface area contributed by atoms with Crippen molar-refractivity contribution in [2.24, 2.45) is 0 Å². The van der Waals surface area contributed by atoms with Crippen molar-refractivity contribution in [3.63, 3.8) is 0 Å². The zero-order valence-corrected chi connectivity index (χ0v) is 18.0. The minimum absolute atomic E-state index is 0.347. The molecule has 0 unspecified atom stereocenters. The van der Waals surface area contributed by atoms with E-state index in [0.29, 0.717) is 18.6 Å². The Labute approximate surface area is 177 Å². The summed E-state index contributed by atoms with van der Waals surface area (Å²) in [6, 6.07) is 16.5. The van der Waals surface area contributed by atoms with Gasteiger partial charge in [-0.05, 0) is 37.1 Å². The van der Waals surface area contributed by atoms with Gasteiger partial charge < -0.3 is 9.13 Å². The summed E-state index contributed by atoms with van der Waals surface area (Å²) < 4.78 is 4.54. The molecule has 2 aromatic heterocycles. The first-order valence-electron chi connectivity index (χ1n) is 11.1. The minimum Gasteiger partial charge on any atom is -0.328 e. The average molecular weight is 403 g/mol. The van der Waals surface area contributed by atoms with Crippen LogP contribution in [0.4, 0.5) is 0 Å². The number of rotatable bonds is 10. The maximum atomic E-state index is 12.5. The van der Waals surface area contributed by atoms with E-state index in [9.17, 15) is 4.79 Å². The van der Waals surface area contributed by atoms with E-state index in [1.807, 2.05) is 12.1 Å². The Morgan fingerprint density at radius 2 is 1.17 bits per heavy atom. The van der Waals surface area contributed by atoms with E-state index in [0.717, 1.165) is 61.5 Å². The van der Waals surface area contributed by atoms with Crippen molar-refractivity contribution in [3.05, 3.63) is 60.2 Å². The minimum atomic E-state index is 0.347. The summed E-state index contributed by atoms with van der Waals surface area (Å²) in [6.45, 7) is 5.96. The molecule has 4 rings (SSSR count). The van der Waals surface area contributed by atoms with Crippen LogP contribution in [-0.4, -0.2) is 24.9 Å². The fraction of sp³-hybridized carbons (Fsp3) is 0.400. The van der Waals surface area contributed by atoms with Gasteiger partial charge in [-0.2, -0.15) is 0 Å². The quantitative estimate of drug-likeness (QED) is 0.360. The van der Waals surface area contributed by atoms with E-state index in [1.165, 1.54) is 11.0 Å². The lowest BCUT2D eigenvalue weighted by atomic mass is 10.1. The fourth-order valence-corrected chi connectivity index (χ4v) is 4.28. The molecule has 156 valence electrons. The zero-order chi connectivity index (χ0) is 20.9. The molecule has 0 radical (unpaired) electrons. The lowest BCUT2D eigenvalue weighted by Gasteiger charge is -2.09. The monoisotopic (exact) mass is 402 g/mol. The third-order valence-electron chi connectivity index (χ3n) is 5.77. The normalized spacial score (nSPS) is 11.5. The molecule has 0 atom stereocenters. The molecule has 0 saturated carbocycles. The molecule has 0 aliphatic heterocycles. The second-order valence-electron chi connectivity index (χ2n) is 7.79. The predicted octanol–water partition coefficient (Wildman–Crippen LogP) is 5.34. The van der Waals surface area contributed by atoms with Crippen molar-refractivity contribution >= 4 is 27.9 Å². The Bertz CT molecular complexity index is 1060. The number of aryl methyl sites for hydroxylation is 4. The highest BCUT2D eigenvalue weighted by Gasteiger charge is 2.11. The van der Waals surface area contributed by atoms with Gasteiger partial charge in [-0.1, -0.05) is 38.1 Å². The summed E-state index contributed by atoms with van der Waals surface area (Å²) in [5.41, 5.74) is 4.42. The van der Waals surface area contributed by atoms with Gasteiger partial charge in [0.05, 0.1) is 22.1 Å². The van der Waals surface area contributed by atoms with Crippen molar-refractivity contribution < 1.29 is 4.79 Å². The van der Waals surface area contributed by atoms with Gasteiger partial charge in [0.15, 0.2) is 0 Å². The third-order valence-corrected chi connectivity index (χ3v) is 5.77. The van der Waals surface area contributed by atoms with E-state index >= 15 is 0 Å². The first-order valence-corrected chi connectivity index (χ1v) is 11.1. The van der Waals surface area contributed by atoms with Gasteiger partial charge in [0.2, 0.25) is 0 Å². The predicted molar refractivity (Wildman–Crippen MR) is 122 cm³/mol. The van der Waals surface area contributed by atoms with Crippen LogP contribution in [0.15, 0.2) is 48.5 Å². The number of aromatic nitrogens is 4. The Hall–Kier alpha value is -2.95. The van der Waals surface area contributed by atoms with Gasteiger partial charge in [-0.3, -0.25) is 4.79 Å². The van der Waals surface area contributed by atoms with Crippen LogP contribution in [0.1, 0.15) is 51.2 Å². The van der Waals surface area contributed by atoms with Crippen LogP contribution in [0.25, 0.3) is 22.1 Å². The molecule has 0 fully saturated rings. The van der Waals surface area contributed by atoms with Gasteiger partial charge in [0.1, 0.15) is 17.4 Å². The standard InChI is InChI=1S/C25H30N4O/c1-3-24-26-20-13-5-7-15-22(20)28(24)17-9-11-19(30)12-10-18-29-23-16-8-6-14-21(23)27-25(29)4-2/h5-8,13-16H,3-4,9-12,17-18H2,1-2H3. The van der Waals surface area contributed by atoms with E-state index in [2.05, 4.69) is 59.4 Å². The summed E-state index contributed by atoms with van der Waals surface area (Å²) in [6.07, 6.45) is 4.78. The van der Waals surface area contributed by atoms with Crippen LogP contribution >= 0.6 is 0 Å². The maximum absolute atomic E-state index is 12.5. The Balaban J connectivity index is 1.30. The molecular weight excluding hydrogens is 372 g/mol. The number of nitrogens with zero attached hydrogens (tertiary/aromatic N) is 4. The Morgan fingerprint density at radius 1 is 0.733 bits per heavy atom. The van der Waals surface area contributed by atoms with Crippen molar-refractivity contribution in [3.8, 4) is 0 Å². The van der Waals surface area contributed by atoms with Crippen molar-refractivity contribution in [1.82, 2.24) is 19.1 Å². The van der Waals surface area contributed by atoms with Gasteiger partial charge in [-0.15, -0.1) is 0 Å². The van der Waals surface area contributed by atoms with Crippen LogP contribution in [0.5, 0.6) is 0 Å². The number of hydrogen-bond acceptors (Lipinski definition) is 3. The lowest BCUT2D eigenvalue weighted by Crippen LogP contribution is -2.08. The van der Waals surface area contributed by atoms with E-state index in [4.69, 9.17) is 9.97 Å². The Kier molecular flexibility index (Phi) is 6.26. The van der Waals surface area contributed by atoms with Crippen LogP contribution < -0.4 is 0 Å². The molecule has 0 saturated heterocycles. The highest BCUT2D eigenvalue weighted by Crippen LogP contribution is 2.19. The number of carbonyl (C=O) groups excluding carboxylic acids is 1. The highest BCUT2D eigenvalue weighted by molar-refractivity contribution is 5.79. The molecule has 5 heteroatoms. The second-order valence-corrected chi connectivity index (χ2v) is 7.79. The zero-order valence-electron chi connectivity index (χ0n) is 18.0. The summed E-state index contributed by atoms with van der Waals surface area (Å²) in [7, 11) is 0. The SMILES string of the molecule is CCc1nc2ccccc2n1CCCC(=O)CCCn1c(CC)nc2ccccc21. The Morgan fingerprint density at radius 3 is 1.60 bits per heavy atom. The van der Waals surface area contributed by atoms with E-state index in [-0.39, 0.29) is 0 Å². The molecule has 30 heavy (non-hydrogen) atoms. The topological polar surface area (TPSA) is 52.7 Å². The molecule has 0 spiro atoms. The van der Waals surface area contributed by atoms with Crippen LogP contribution in [-0.2, 0) is 30.7 Å². The molecule has 0 aliphatic rings. The molecule has 2 heterocycles. The summed E-state index contributed by atoms with van der Waals surface area (Å²) in [5, 5.41) is 0. The highest BCUT2D eigenvalue weighted by atomic mass is 16.1. The number of fused-ring (bicyclic) bond motifs is 2. The number of imidazole rings is 2. The molecule has 0 bridgehead atoms. The number of ketones is 1. The molecule has 0 N–H and O–H groups in total. The average Bonchev–Trinajstić information content (AvgIpc) is 3.32. The van der Waals surface area contributed by atoms with Crippen molar-refractivity contribution in [2.45, 2.75) is 65.5 Å². The van der Waals surface area contributed by atoms with E-state index in [1.54, 1.807) is 0 Å². The number of carbonyl (C=O) groups is 1. The van der Waals surface area contributed by atoms with Gasteiger partial charge in [0, 0.05) is 38.8 Å². The molecule has 4 aromatic rings. The summed E-state index contributed by atoms with van der Waals surface area (Å²) in [5.74, 6) is 2.55. The fourth-order valence-electron chi connectivity index (χ4n) is 4.28. The molecule has 0 amide bonds. The van der Waals surface area contributed by atoms with Gasteiger partial charge in [-0.25, -0.2) is 9.97 Å². The number of benzene rings is 2. The summed E-state index contributed by atoms with van der Waals surface area (Å²) >= 11 is 0. The number of Topliss-reactive ketones (excluding diaryl/α,β-unsaturated/α-hetero) is 1. The largest absolute Gasteiger partial charge is 0.328 e. The third kappa shape index (κ3) is 4.16. The maximum Gasteiger partial charge on any atom is 0.133 e. The molecular formula is C25H30N4O. The van der Waals surface area contributed by atoms with Gasteiger partial charge in [0.25, 0.3) is 0 Å². The second kappa shape index (κ2) is 9.24. The van der Waals surface area contributed by atoms with Crippen molar-refractivity contribution in [1.29, 1.82) is 0 Å². The van der Waals surface area contributed by atoms with E-state index < -0.39 is 0 Å².